The molecule has 0 bridgehead atoms. The lowest BCUT2D eigenvalue weighted by Crippen LogP contribution is -2.39. The second-order valence-electron chi connectivity index (χ2n) is 6.96. The van der Waals surface area contributed by atoms with E-state index in [1.165, 1.54) is 5.56 Å². The molecule has 1 fully saturated rings. The van der Waals surface area contributed by atoms with Crippen molar-refractivity contribution in [1.82, 2.24) is 24.4 Å². The molecule has 1 amide bonds. The largest absolute Gasteiger partial charge is 0.342 e. The molecule has 0 N–H and O–H groups in total. The van der Waals surface area contributed by atoms with Crippen LogP contribution < -0.4 is 0 Å². The van der Waals surface area contributed by atoms with Gasteiger partial charge in [0.1, 0.15) is 5.82 Å². The van der Waals surface area contributed by atoms with Gasteiger partial charge in [-0.15, -0.1) is 0 Å². The SMILES string of the molecule is O=C(Cc1cccnc1)N1CCC(c2nccn2Cc2ccncc2)CC1. The predicted molar refractivity (Wildman–Crippen MR) is 102 cm³/mol. The molecular formula is C21H23N5O. The van der Waals surface area contributed by atoms with Crippen LogP contribution in [0.15, 0.2) is 61.4 Å². The van der Waals surface area contributed by atoms with Crippen molar-refractivity contribution in [1.29, 1.82) is 0 Å². The number of aromatic nitrogens is 4. The third-order valence-corrected chi connectivity index (χ3v) is 5.14. The molecule has 0 saturated carbocycles. The van der Waals surface area contributed by atoms with Gasteiger partial charge >= 0.3 is 0 Å². The Bertz CT molecular complexity index is 870. The second kappa shape index (κ2) is 8.12. The third kappa shape index (κ3) is 4.22. The van der Waals surface area contributed by atoms with Crippen molar-refractivity contribution in [2.24, 2.45) is 0 Å². The van der Waals surface area contributed by atoms with Crippen molar-refractivity contribution in [3.05, 3.63) is 78.4 Å². The summed E-state index contributed by atoms with van der Waals surface area (Å²) >= 11 is 0. The summed E-state index contributed by atoms with van der Waals surface area (Å²) in [6.45, 7) is 2.37. The first kappa shape index (κ1) is 17.4. The lowest BCUT2D eigenvalue weighted by molar-refractivity contribution is -0.131. The highest BCUT2D eigenvalue weighted by molar-refractivity contribution is 5.78. The minimum atomic E-state index is 0.182. The van der Waals surface area contributed by atoms with Crippen LogP contribution >= 0.6 is 0 Å². The van der Waals surface area contributed by atoms with E-state index in [1.54, 1.807) is 12.4 Å². The first-order chi connectivity index (χ1) is 13.3. The number of rotatable bonds is 5. The van der Waals surface area contributed by atoms with Crippen molar-refractivity contribution in [3.63, 3.8) is 0 Å². The van der Waals surface area contributed by atoms with Gasteiger partial charge in [0.05, 0.1) is 6.42 Å². The van der Waals surface area contributed by atoms with E-state index in [4.69, 9.17) is 0 Å². The third-order valence-electron chi connectivity index (χ3n) is 5.14. The Labute approximate surface area is 158 Å². The van der Waals surface area contributed by atoms with E-state index in [0.717, 1.165) is 43.9 Å². The maximum atomic E-state index is 12.5. The smallest absolute Gasteiger partial charge is 0.227 e. The van der Waals surface area contributed by atoms with Gasteiger partial charge in [0, 0.05) is 62.7 Å². The molecule has 6 nitrogen and oxygen atoms in total. The number of carbonyl (C=O) groups is 1. The monoisotopic (exact) mass is 361 g/mol. The van der Waals surface area contributed by atoms with Crippen LogP contribution in [-0.4, -0.2) is 43.4 Å². The lowest BCUT2D eigenvalue weighted by atomic mass is 9.95. The lowest BCUT2D eigenvalue weighted by Gasteiger charge is -2.32. The first-order valence-corrected chi connectivity index (χ1v) is 9.36. The van der Waals surface area contributed by atoms with Gasteiger partial charge in [-0.3, -0.25) is 14.8 Å². The van der Waals surface area contributed by atoms with Crippen LogP contribution in [0.3, 0.4) is 0 Å². The molecular weight excluding hydrogens is 338 g/mol. The molecule has 0 aliphatic carbocycles. The number of piperidine rings is 1. The predicted octanol–water partition coefficient (Wildman–Crippen LogP) is 2.67. The summed E-state index contributed by atoms with van der Waals surface area (Å²) in [7, 11) is 0. The van der Waals surface area contributed by atoms with Crippen LogP contribution in [0.4, 0.5) is 0 Å². The normalized spacial score (nSPS) is 15.0. The summed E-state index contributed by atoms with van der Waals surface area (Å²) < 4.78 is 2.22. The molecule has 138 valence electrons. The van der Waals surface area contributed by atoms with E-state index in [-0.39, 0.29) is 5.91 Å². The topological polar surface area (TPSA) is 63.9 Å². The Morgan fingerprint density at radius 1 is 1.00 bits per heavy atom. The highest BCUT2D eigenvalue weighted by atomic mass is 16.2. The van der Waals surface area contributed by atoms with Crippen molar-refractivity contribution in [3.8, 4) is 0 Å². The summed E-state index contributed by atoms with van der Waals surface area (Å²) in [6, 6.07) is 7.89. The zero-order valence-corrected chi connectivity index (χ0v) is 15.2. The van der Waals surface area contributed by atoms with E-state index in [9.17, 15) is 4.79 Å². The molecule has 0 radical (unpaired) electrons. The van der Waals surface area contributed by atoms with E-state index in [2.05, 4.69) is 19.5 Å². The molecule has 3 aromatic heterocycles. The second-order valence-corrected chi connectivity index (χ2v) is 6.96. The molecule has 1 aliphatic heterocycles. The van der Waals surface area contributed by atoms with Gasteiger partial charge < -0.3 is 9.47 Å². The van der Waals surface area contributed by atoms with Crippen LogP contribution in [0, 0.1) is 0 Å². The Kier molecular flexibility index (Phi) is 5.23. The maximum absolute atomic E-state index is 12.5. The Morgan fingerprint density at radius 3 is 2.56 bits per heavy atom. The van der Waals surface area contributed by atoms with E-state index < -0.39 is 0 Å². The molecule has 4 rings (SSSR count). The van der Waals surface area contributed by atoms with Gasteiger partial charge in [-0.25, -0.2) is 4.98 Å². The van der Waals surface area contributed by atoms with Crippen LogP contribution in [0.1, 0.15) is 35.7 Å². The van der Waals surface area contributed by atoms with Gasteiger partial charge in [-0.2, -0.15) is 0 Å². The van der Waals surface area contributed by atoms with Crippen molar-refractivity contribution in [2.45, 2.75) is 31.7 Å². The Hall–Kier alpha value is -3.02. The molecule has 1 saturated heterocycles. The van der Waals surface area contributed by atoms with Crippen LogP contribution in [0.2, 0.25) is 0 Å². The zero-order valence-electron chi connectivity index (χ0n) is 15.2. The average molecular weight is 361 g/mol. The quantitative estimate of drug-likeness (QED) is 0.701. The fourth-order valence-electron chi connectivity index (χ4n) is 3.68. The number of pyridine rings is 2. The number of hydrogen-bond donors (Lipinski definition) is 0. The first-order valence-electron chi connectivity index (χ1n) is 9.36. The summed E-state index contributed by atoms with van der Waals surface area (Å²) in [6.07, 6.45) is 13.4. The summed E-state index contributed by atoms with van der Waals surface area (Å²) in [4.78, 5) is 27.3. The molecule has 0 aromatic carbocycles. The van der Waals surface area contributed by atoms with Crippen LogP contribution in [0.5, 0.6) is 0 Å². The molecule has 0 spiro atoms. The van der Waals surface area contributed by atoms with Gasteiger partial charge in [0.2, 0.25) is 5.91 Å². The number of amides is 1. The minimum absolute atomic E-state index is 0.182. The van der Waals surface area contributed by atoms with E-state index in [1.807, 2.05) is 54.0 Å². The fourth-order valence-corrected chi connectivity index (χ4v) is 3.68. The van der Waals surface area contributed by atoms with Crippen molar-refractivity contribution < 1.29 is 4.79 Å². The van der Waals surface area contributed by atoms with E-state index >= 15 is 0 Å². The number of nitrogens with zero attached hydrogens (tertiary/aromatic N) is 5. The highest BCUT2D eigenvalue weighted by Crippen LogP contribution is 2.27. The number of imidazole rings is 1. The van der Waals surface area contributed by atoms with Crippen molar-refractivity contribution in [2.75, 3.05) is 13.1 Å². The zero-order chi connectivity index (χ0) is 18.5. The van der Waals surface area contributed by atoms with Gasteiger partial charge in [-0.05, 0) is 42.2 Å². The number of hydrogen-bond acceptors (Lipinski definition) is 4. The van der Waals surface area contributed by atoms with Gasteiger partial charge in [0.15, 0.2) is 0 Å². The fraction of sp³-hybridized carbons (Fsp3) is 0.333. The summed E-state index contributed by atoms with van der Waals surface area (Å²) in [5, 5.41) is 0. The molecule has 4 heterocycles. The van der Waals surface area contributed by atoms with Crippen molar-refractivity contribution >= 4 is 5.91 Å². The minimum Gasteiger partial charge on any atom is -0.342 e. The van der Waals surface area contributed by atoms with Crippen LogP contribution in [-0.2, 0) is 17.8 Å². The number of carbonyl (C=O) groups excluding carboxylic acids is 1. The number of likely N-dealkylation sites (tertiary alicyclic amines) is 1. The highest BCUT2D eigenvalue weighted by Gasteiger charge is 2.26. The molecule has 1 aliphatic rings. The van der Waals surface area contributed by atoms with Gasteiger partial charge in [-0.1, -0.05) is 6.07 Å². The molecule has 27 heavy (non-hydrogen) atoms. The standard InChI is InChI=1S/C21H23N5O/c27-20(14-18-2-1-7-23-15-18)25-11-5-19(6-12-25)21-24-10-13-26(21)16-17-3-8-22-9-4-17/h1-4,7-10,13,15,19H,5-6,11-12,14,16H2. The van der Waals surface area contributed by atoms with E-state index in [0.29, 0.717) is 12.3 Å². The molecule has 6 heteroatoms. The van der Waals surface area contributed by atoms with Gasteiger partial charge in [0.25, 0.3) is 0 Å². The molecule has 3 aromatic rings. The molecule has 0 atom stereocenters. The molecule has 0 unspecified atom stereocenters. The summed E-state index contributed by atoms with van der Waals surface area (Å²) in [5.41, 5.74) is 2.19. The maximum Gasteiger partial charge on any atom is 0.227 e. The Balaban J connectivity index is 1.36. The summed E-state index contributed by atoms with van der Waals surface area (Å²) in [5.74, 6) is 1.69. The van der Waals surface area contributed by atoms with Crippen LogP contribution in [0.25, 0.3) is 0 Å². The average Bonchev–Trinajstić information content (AvgIpc) is 3.18. The Morgan fingerprint density at radius 2 is 1.81 bits per heavy atom.